The lowest BCUT2D eigenvalue weighted by atomic mass is 10.0. The average Bonchev–Trinajstić information content (AvgIpc) is 3.25. The highest BCUT2D eigenvalue weighted by atomic mass is 35.5. The van der Waals surface area contributed by atoms with Crippen molar-refractivity contribution in [2.75, 3.05) is 19.6 Å². The molecule has 1 amide bonds. The number of likely N-dealkylation sites (tertiary alicyclic amines) is 1. The monoisotopic (exact) mass is 394 g/mol. The molecule has 2 aliphatic rings. The van der Waals surface area contributed by atoms with Crippen molar-refractivity contribution in [1.82, 2.24) is 9.80 Å². The Bertz CT molecular complexity index is 791. The van der Waals surface area contributed by atoms with Gasteiger partial charge in [0.25, 0.3) is 0 Å². The van der Waals surface area contributed by atoms with Gasteiger partial charge in [-0.25, -0.2) is 0 Å². The molecule has 1 aromatic heterocycles. The third-order valence-corrected chi connectivity index (χ3v) is 6.95. The first-order valence-corrected chi connectivity index (χ1v) is 10.3. The van der Waals surface area contributed by atoms with Crippen molar-refractivity contribution in [1.29, 1.82) is 0 Å². The second kappa shape index (κ2) is 7.28. The Hall–Kier alpha value is -1.07. The standard InChI is InChI=1S/C19H20Cl2N2OS/c20-15-4-3-13(10-16(15)21)17-2-1-7-22(17)12-19(24)23-8-5-18-14(11-23)6-9-25-18/h3-4,6,9-10,17H,1-2,5,7-8,11-12H2. The summed E-state index contributed by atoms with van der Waals surface area (Å²) in [5.74, 6) is 0.226. The topological polar surface area (TPSA) is 23.6 Å². The molecule has 0 spiro atoms. The lowest BCUT2D eigenvalue weighted by molar-refractivity contribution is -0.133. The molecule has 3 heterocycles. The van der Waals surface area contributed by atoms with Gasteiger partial charge in [-0.2, -0.15) is 0 Å². The molecular weight excluding hydrogens is 375 g/mol. The zero-order chi connectivity index (χ0) is 17.4. The first-order valence-electron chi connectivity index (χ1n) is 8.64. The van der Waals surface area contributed by atoms with Crippen LogP contribution in [0.4, 0.5) is 0 Å². The van der Waals surface area contributed by atoms with Crippen LogP contribution in [0.15, 0.2) is 29.6 Å². The van der Waals surface area contributed by atoms with E-state index in [0.717, 1.165) is 44.5 Å². The van der Waals surface area contributed by atoms with Crippen LogP contribution in [0, 0.1) is 0 Å². The maximum atomic E-state index is 12.8. The Kier molecular flexibility index (Phi) is 5.05. The fourth-order valence-corrected chi connectivity index (χ4v) is 5.04. The number of benzene rings is 1. The summed E-state index contributed by atoms with van der Waals surface area (Å²) in [5.41, 5.74) is 2.46. The molecule has 2 aliphatic heterocycles. The van der Waals surface area contributed by atoms with E-state index in [9.17, 15) is 4.79 Å². The van der Waals surface area contributed by atoms with Crippen LogP contribution in [0.5, 0.6) is 0 Å². The van der Waals surface area contributed by atoms with Crippen molar-refractivity contribution in [3.8, 4) is 0 Å². The second-order valence-corrected chi connectivity index (χ2v) is 8.55. The highest BCUT2D eigenvalue weighted by Crippen LogP contribution is 2.35. The van der Waals surface area contributed by atoms with E-state index >= 15 is 0 Å². The Labute approximate surface area is 162 Å². The van der Waals surface area contributed by atoms with Gasteiger partial charge in [0.15, 0.2) is 0 Å². The minimum atomic E-state index is 0.226. The highest BCUT2D eigenvalue weighted by molar-refractivity contribution is 7.10. The van der Waals surface area contributed by atoms with Crippen LogP contribution >= 0.6 is 34.5 Å². The molecule has 0 aliphatic carbocycles. The van der Waals surface area contributed by atoms with Crippen LogP contribution in [-0.4, -0.2) is 35.3 Å². The highest BCUT2D eigenvalue weighted by Gasteiger charge is 2.30. The van der Waals surface area contributed by atoms with Crippen molar-refractivity contribution >= 4 is 40.4 Å². The summed E-state index contributed by atoms with van der Waals surface area (Å²) in [6.45, 7) is 3.01. The smallest absolute Gasteiger partial charge is 0.237 e. The van der Waals surface area contributed by atoms with E-state index < -0.39 is 0 Å². The van der Waals surface area contributed by atoms with Gasteiger partial charge in [-0.15, -0.1) is 11.3 Å². The van der Waals surface area contributed by atoms with Crippen molar-refractivity contribution in [2.24, 2.45) is 0 Å². The normalized spacial score (nSPS) is 20.7. The molecule has 0 radical (unpaired) electrons. The molecule has 25 heavy (non-hydrogen) atoms. The molecule has 6 heteroatoms. The van der Waals surface area contributed by atoms with Crippen molar-refractivity contribution < 1.29 is 4.79 Å². The SMILES string of the molecule is O=C(CN1CCCC1c1ccc(Cl)c(Cl)c1)N1CCc2sccc2C1. The van der Waals surface area contributed by atoms with Crippen LogP contribution in [0.3, 0.4) is 0 Å². The van der Waals surface area contributed by atoms with Crippen LogP contribution < -0.4 is 0 Å². The van der Waals surface area contributed by atoms with Gasteiger partial charge in [-0.05, 0) is 60.5 Å². The Morgan fingerprint density at radius 2 is 2.08 bits per heavy atom. The summed E-state index contributed by atoms with van der Waals surface area (Å²) in [6, 6.07) is 8.21. The molecule has 1 aromatic carbocycles. The molecule has 132 valence electrons. The summed E-state index contributed by atoms with van der Waals surface area (Å²) < 4.78 is 0. The van der Waals surface area contributed by atoms with Crippen molar-refractivity contribution in [3.63, 3.8) is 0 Å². The van der Waals surface area contributed by atoms with Crippen LogP contribution in [0.1, 0.15) is 34.9 Å². The van der Waals surface area contributed by atoms with Gasteiger partial charge in [0, 0.05) is 24.0 Å². The van der Waals surface area contributed by atoms with E-state index in [2.05, 4.69) is 16.3 Å². The lowest BCUT2D eigenvalue weighted by Crippen LogP contribution is -2.42. The number of thiophene rings is 1. The number of carbonyl (C=O) groups excluding carboxylic acids is 1. The van der Waals surface area contributed by atoms with Gasteiger partial charge in [-0.1, -0.05) is 29.3 Å². The summed E-state index contributed by atoms with van der Waals surface area (Å²) in [4.78, 5) is 18.5. The molecule has 0 saturated carbocycles. The lowest BCUT2D eigenvalue weighted by Gasteiger charge is -2.31. The number of fused-ring (bicyclic) bond motifs is 1. The van der Waals surface area contributed by atoms with E-state index in [1.807, 2.05) is 23.1 Å². The number of carbonyl (C=O) groups is 1. The molecule has 1 unspecified atom stereocenters. The third kappa shape index (κ3) is 3.59. The maximum Gasteiger partial charge on any atom is 0.237 e. The fourth-order valence-electron chi connectivity index (χ4n) is 3.85. The predicted molar refractivity (Wildman–Crippen MR) is 103 cm³/mol. The van der Waals surface area contributed by atoms with E-state index in [1.54, 1.807) is 11.3 Å². The van der Waals surface area contributed by atoms with Gasteiger partial charge >= 0.3 is 0 Å². The molecule has 2 aromatic rings. The molecule has 1 atom stereocenters. The second-order valence-electron chi connectivity index (χ2n) is 6.74. The van der Waals surface area contributed by atoms with Crippen LogP contribution in [-0.2, 0) is 17.8 Å². The quantitative estimate of drug-likeness (QED) is 0.747. The minimum Gasteiger partial charge on any atom is -0.337 e. The Balaban J connectivity index is 1.44. The zero-order valence-corrected chi connectivity index (χ0v) is 16.2. The first kappa shape index (κ1) is 17.3. The predicted octanol–water partition coefficient (Wildman–Crippen LogP) is 4.78. The van der Waals surface area contributed by atoms with Gasteiger partial charge in [0.05, 0.1) is 16.6 Å². The molecule has 1 fully saturated rings. The third-order valence-electron chi connectivity index (χ3n) is 5.19. The number of rotatable bonds is 3. The molecule has 4 rings (SSSR count). The number of hydrogen-bond acceptors (Lipinski definition) is 3. The molecule has 0 bridgehead atoms. The number of hydrogen-bond donors (Lipinski definition) is 0. The van der Waals surface area contributed by atoms with E-state index in [-0.39, 0.29) is 11.9 Å². The molecule has 0 N–H and O–H groups in total. The number of amides is 1. The molecule has 1 saturated heterocycles. The summed E-state index contributed by atoms with van der Waals surface area (Å²) in [5, 5.41) is 3.28. The van der Waals surface area contributed by atoms with Crippen molar-refractivity contribution in [3.05, 3.63) is 55.7 Å². The summed E-state index contributed by atoms with van der Waals surface area (Å²) in [6.07, 6.45) is 3.14. The van der Waals surface area contributed by atoms with Gasteiger partial charge in [0.2, 0.25) is 5.91 Å². The van der Waals surface area contributed by atoms with Crippen LogP contribution in [0.2, 0.25) is 10.0 Å². The van der Waals surface area contributed by atoms with Crippen LogP contribution in [0.25, 0.3) is 0 Å². The minimum absolute atomic E-state index is 0.226. The zero-order valence-electron chi connectivity index (χ0n) is 13.9. The Morgan fingerprint density at radius 1 is 1.20 bits per heavy atom. The molecule has 3 nitrogen and oxygen atoms in total. The van der Waals surface area contributed by atoms with E-state index in [1.165, 1.54) is 10.4 Å². The fraction of sp³-hybridized carbons (Fsp3) is 0.421. The number of halogens is 2. The largest absolute Gasteiger partial charge is 0.337 e. The summed E-state index contributed by atoms with van der Waals surface area (Å²) in [7, 11) is 0. The Morgan fingerprint density at radius 3 is 2.92 bits per heavy atom. The maximum absolute atomic E-state index is 12.8. The van der Waals surface area contributed by atoms with Gasteiger partial charge in [0.1, 0.15) is 0 Å². The molecular formula is C19H20Cl2N2OS. The number of nitrogens with zero attached hydrogens (tertiary/aromatic N) is 2. The summed E-state index contributed by atoms with van der Waals surface area (Å²) >= 11 is 14.0. The first-order chi connectivity index (χ1) is 12.1. The van der Waals surface area contributed by atoms with Crippen molar-refractivity contribution in [2.45, 2.75) is 31.8 Å². The van der Waals surface area contributed by atoms with Gasteiger partial charge < -0.3 is 4.90 Å². The van der Waals surface area contributed by atoms with E-state index in [4.69, 9.17) is 23.2 Å². The average molecular weight is 395 g/mol. The van der Waals surface area contributed by atoms with E-state index in [0.29, 0.717) is 16.6 Å². The van der Waals surface area contributed by atoms with Gasteiger partial charge in [-0.3, -0.25) is 9.69 Å².